The number of thioether (sulfide) groups is 1. The number of aromatic nitrogens is 4. The Bertz CT molecular complexity index is 634. The van der Waals surface area contributed by atoms with Crippen LogP contribution in [0.3, 0.4) is 0 Å². The summed E-state index contributed by atoms with van der Waals surface area (Å²) in [5, 5.41) is 7.46. The average Bonchev–Trinajstić information content (AvgIpc) is 2.76. The topological polar surface area (TPSA) is 43.1 Å². The molecule has 0 bridgehead atoms. The van der Waals surface area contributed by atoms with Gasteiger partial charge in [-0.2, -0.15) is 13.2 Å². The van der Waals surface area contributed by atoms with E-state index in [1.807, 2.05) is 13.8 Å². The summed E-state index contributed by atoms with van der Waals surface area (Å²) in [6, 6.07) is 0. The van der Waals surface area contributed by atoms with Crippen molar-refractivity contribution in [2.24, 2.45) is 5.92 Å². The Morgan fingerprint density at radius 1 is 1.20 bits per heavy atom. The molecule has 0 saturated carbocycles. The molecule has 4 nitrogen and oxygen atoms in total. The second-order valence-electron chi connectivity index (χ2n) is 4.97. The lowest BCUT2D eigenvalue weighted by Gasteiger charge is -2.11. The second kappa shape index (κ2) is 5.23. The summed E-state index contributed by atoms with van der Waals surface area (Å²) in [6.45, 7) is 7.35. The maximum Gasteiger partial charge on any atom is 0.452 e. The van der Waals surface area contributed by atoms with Gasteiger partial charge in [0.25, 0.3) is 0 Å². The van der Waals surface area contributed by atoms with Gasteiger partial charge in [0.2, 0.25) is 5.82 Å². The van der Waals surface area contributed by atoms with Gasteiger partial charge in [0, 0.05) is 11.4 Å². The monoisotopic (exact) mass is 304 g/mol. The normalized spacial score (nSPS) is 12.6. The van der Waals surface area contributed by atoms with Crippen molar-refractivity contribution in [1.29, 1.82) is 0 Å². The molecule has 0 aliphatic carbocycles. The molecule has 110 valence electrons. The van der Waals surface area contributed by atoms with Crippen LogP contribution in [0.4, 0.5) is 13.2 Å². The number of halogens is 3. The van der Waals surface area contributed by atoms with E-state index in [1.54, 1.807) is 13.8 Å². The fraction of sp³-hybridized carbons (Fsp3) is 0.583. The highest BCUT2D eigenvalue weighted by Gasteiger charge is 2.38. The van der Waals surface area contributed by atoms with E-state index < -0.39 is 12.0 Å². The van der Waals surface area contributed by atoms with E-state index in [0.29, 0.717) is 22.3 Å². The molecule has 0 atom stereocenters. The first kappa shape index (κ1) is 15.1. The molecule has 0 aromatic carbocycles. The lowest BCUT2D eigenvalue weighted by molar-refractivity contribution is -0.145. The summed E-state index contributed by atoms with van der Waals surface area (Å²) in [5.41, 5.74) is 1.13. The van der Waals surface area contributed by atoms with E-state index in [0.717, 1.165) is 10.2 Å². The van der Waals surface area contributed by atoms with Crippen molar-refractivity contribution < 1.29 is 13.2 Å². The first-order chi connectivity index (χ1) is 9.21. The number of fused-ring (bicyclic) bond motifs is 1. The quantitative estimate of drug-likeness (QED) is 0.814. The standard InChI is InChI=1S/C12H15F3N4S/c1-6(2)5-20-10-9-17-18-11(12(13,14)15)19(9)8(4)7(3)16-10/h6H,5H2,1-4H3. The highest BCUT2D eigenvalue weighted by atomic mass is 32.2. The zero-order valence-electron chi connectivity index (χ0n) is 11.6. The molecule has 0 spiro atoms. The summed E-state index contributed by atoms with van der Waals surface area (Å²) in [7, 11) is 0. The molecule has 0 N–H and O–H groups in total. The minimum absolute atomic E-state index is 0.172. The Morgan fingerprint density at radius 2 is 1.85 bits per heavy atom. The van der Waals surface area contributed by atoms with Gasteiger partial charge < -0.3 is 0 Å². The van der Waals surface area contributed by atoms with E-state index >= 15 is 0 Å². The zero-order chi connectivity index (χ0) is 15.1. The highest BCUT2D eigenvalue weighted by molar-refractivity contribution is 7.99. The SMILES string of the molecule is Cc1nc(SCC(C)C)c2nnc(C(F)(F)F)n2c1C. The van der Waals surface area contributed by atoms with E-state index in [2.05, 4.69) is 15.2 Å². The van der Waals surface area contributed by atoms with E-state index in [-0.39, 0.29) is 5.65 Å². The highest BCUT2D eigenvalue weighted by Crippen LogP contribution is 2.32. The Kier molecular flexibility index (Phi) is 3.95. The fourth-order valence-corrected chi connectivity index (χ4v) is 2.67. The van der Waals surface area contributed by atoms with Gasteiger partial charge in [0.05, 0.1) is 5.69 Å². The Labute approximate surface area is 118 Å². The van der Waals surface area contributed by atoms with Gasteiger partial charge in [-0.1, -0.05) is 13.8 Å². The zero-order valence-corrected chi connectivity index (χ0v) is 12.4. The van der Waals surface area contributed by atoms with Crippen LogP contribution in [0.2, 0.25) is 0 Å². The number of aryl methyl sites for hydroxylation is 2. The van der Waals surface area contributed by atoms with Crippen molar-refractivity contribution in [2.75, 3.05) is 5.75 Å². The summed E-state index contributed by atoms with van der Waals surface area (Å²) in [4.78, 5) is 4.34. The van der Waals surface area contributed by atoms with Gasteiger partial charge in [0.1, 0.15) is 5.03 Å². The van der Waals surface area contributed by atoms with Crippen molar-refractivity contribution in [3.8, 4) is 0 Å². The van der Waals surface area contributed by atoms with Gasteiger partial charge in [-0.3, -0.25) is 4.40 Å². The molecule has 20 heavy (non-hydrogen) atoms. The average molecular weight is 304 g/mol. The van der Waals surface area contributed by atoms with E-state index in [4.69, 9.17) is 0 Å². The Balaban J connectivity index is 2.62. The number of hydrogen-bond donors (Lipinski definition) is 0. The fourth-order valence-electron chi connectivity index (χ4n) is 1.71. The van der Waals surface area contributed by atoms with E-state index in [9.17, 15) is 13.2 Å². The van der Waals surface area contributed by atoms with Crippen LogP contribution < -0.4 is 0 Å². The number of alkyl halides is 3. The lowest BCUT2D eigenvalue weighted by Crippen LogP contribution is -2.13. The van der Waals surface area contributed by atoms with Gasteiger partial charge in [-0.25, -0.2) is 4.98 Å². The van der Waals surface area contributed by atoms with Crippen molar-refractivity contribution in [1.82, 2.24) is 19.6 Å². The van der Waals surface area contributed by atoms with Gasteiger partial charge in [-0.05, 0) is 19.8 Å². The molecule has 0 radical (unpaired) electrons. The largest absolute Gasteiger partial charge is 0.452 e. The smallest absolute Gasteiger partial charge is 0.272 e. The third-order valence-corrected chi connectivity index (χ3v) is 4.17. The van der Waals surface area contributed by atoms with Gasteiger partial charge >= 0.3 is 6.18 Å². The van der Waals surface area contributed by atoms with Crippen molar-refractivity contribution in [3.05, 3.63) is 17.2 Å². The summed E-state index contributed by atoms with van der Waals surface area (Å²) in [6.07, 6.45) is -4.53. The molecule has 0 fully saturated rings. The van der Waals surface area contributed by atoms with Crippen molar-refractivity contribution >= 4 is 17.4 Å². The Hall–Kier alpha value is -1.31. The first-order valence-corrected chi connectivity index (χ1v) is 7.12. The molecular weight excluding hydrogens is 289 g/mol. The molecule has 0 aliphatic rings. The Morgan fingerprint density at radius 3 is 2.40 bits per heavy atom. The molecule has 8 heteroatoms. The van der Waals surface area contributed by atoms with Crippen LogP contribution in [0.15, 0.2) is 5.03 Å². The molecule has 2 heterocycles. The first-order valence-electron chi connectivity index (χ1n) is 6.14. The predicted molar refractivity (Wildman–Crippen MR) is 70.8 cm³/mol. The number of nitrogens with zero attached hydrogens (tertiary/aromatic N) is 4. The molecule has 0 saturated heterocycles. The summed E-state index contributed by atoms with van der Waals surface area (Å²) < 4.78 is 39.9. The predicted octanol–water partition coefficient (Wildman–Crippen LogP) is 3.51. The maximum atomic E-state index is 13.0. The van der Waals surface area contributed by atoms with Crippen molar-refractivity contribution in [3.63, 3.8) is 0 Å². The third kappa shape index (κ3) is 2.74. The minimum atomic E-state index is -4.53. The molecule has 0 aliphatic heterocycles. The van der Waals surface area contributed by atoms with Crippen LogP contribution in [0.1, 0.15) is 31.1 Å². The molecule has 2 rings (SSSR count). The lowest BCUT2D eigenvalue weighted by atomic mass is 10.3. The van der Waals surface area contributed by atoms with Crippen LogP contribution in [0.5, 0.6) is 0 Å². The minimum Gasteiger partial charge on any atom is -0.272 e. The molecule has 0 amide bonds. The van der Waals surface area contributed by atoms with Crippen LogP contribution in [0.25, 0.3) is 5.65 Å². The van der Waals surface area contributed by atoms with Crippen LogP contribution in [0, 0.1) is 19.8 Å². The van der Waals surface area contributed by atoms with Crippen LogP contribution >= 0.6 is 11.8 Å². The van der Waals surface area contributed by atoms with Crippen LogP contribution in [-0.2, 0) is 6.18 Å². The van der Waals surface area contributed by atoms with E-state index in [1.165, 1.54) is 11.8 Å². The number of hydrogen-bond acceptors (Lipinski definition) is 4. The maximum absolute atomic E-state index is 13.0. The van der Waals surface area contributed by atoms with Crippen molar-refractivity contribution in [2.45, 2.75) is 38.9 Å². The van der Waals surface area contributed by atoms with Crippen LogP contribution in [-0.4, -0.2) is 25.3 Å². The third-order valence-electron chi connectivity index (χ3n) is 2.79. The second-order valence-corrected chi connectivity index (χ2v) is 5.98. The summed E-state index contributed by atoms with van der Waals surface area (Å²) in [5.74, 6) is 0.176. The van der Waals surface area contributed by atoms with Gasteiger partial charge in [0.15, 0.2) is 5.65 Å². The molecular formula is C12H15F3N4S. The molecule has 2 aromatic rings. The molecule has 2 aromatic heterocycles. The number of rotatable bonds is 3. The summed E-state index contributed by atoms with van der Waals surface area (Å²) >= 11 is 1.40. The molecule has 0 unspecified atom stereocenters. The van der Waals surface area contributed by atoms with Gasteiger partial charge in [-0.15, -0.1) is 22.0 Å².